The Morgan fingerprint density at radius 1 is 1.05 bits per heavy atom. The van der Waals surface area contributed by atoms with E-state index < -0.39 is 0 Å². The lowest BCUT2D eigenvalue weighted by Gasteiger charge is -2.40. The van der Waals surface area contributed by atoms with Crippen molar-refractivity contribution < 1.29 is 14.0 Å². The van der Waals surface area contributed by atoms with E-state index in [2.05, 4.69) is 27.9 Å². The molecule has 0 unspecified atom stereocenters. The van der Waals surface area contributed by atoms with Gasteiger partial charge >= 0.3 is 0 Å². The van der Waals surface area contributed by atoms with Crippen LogP contribution in [0.25, 0.3) is 22.2 Å². The van der Waals surface area contributed by atoms with Crippen molar-refractivity contribution in [3.63, 3.8) is 0 Å². The first-order valence-electron chi connectivity index (χ1n) is 13.4. The maximum absolute atomic E-state index is 14.0. The van der Waals surface area contributed by atoms with Crippen LogP contribution in [0.2, 0.25) is 10.2 Å². The van der Waals surface area contributed by atoms with Crippen molar-refractivity contribution in [1.82, 2.24) is 19.9 Å². The highest BCUT2D eigenvalue weighted by molar-refractivity contribution is 6.41. The molecule has 7 rings (SSSR count). The standard InChI is InChI=1S/C31H25Cl2N5O3/c1-18-4-5-25-22(11-18)31(6-9-37(10-7-31)29(39)20-12-23(32)28(33)35-15-20)17-38(25)30(40)24-13-26-27(36-24)21(16-41-26)19-3-2-8-34-14-19/h2-5,8,11-16,36H,6-7,9-10,17H2,1H3. The molecule has 2 aliphatic rings. The van der Waals surface area contributed by atoms with Gasteiger partial charge in [-0.15, -0.1) is 0 Å². The van der Waals surface area contributed by atoms with Crippen molar-refractivity contribution in [2.75, 3.05) is 24.5 Å². The Morgan fingerprint density at radius 2 is 1.88 bits per heavy atom. The average molecular weight is 586 g/mol. The quantitative estimate of drug-likeness (QED) is 0.239. The van der Waals surface area contributed by atoms with Gasteiger partial charge in [-0.3, -0.25) is 14.6 Å². The number of nitrogens with one attached hydrogen (secondary N) is 1. The number of piperidine rings is 1. The number of pyridine rings is 2. The number of H-pyrrole nitrogens is 1. The molecule has 0 saturated carbocycles. The fourth-order valence-corrected chi connectivity index (χ4v) is 6.43. The summed E-state index contributed by atoms with van der Waals surface area (Å²) in [6.07, 6.45) is 8.08. The summed E-state index contributed by atoms with van der Waals surface area (Å²) >= 11 is 12.0. The van der Waals surface area contributed by atoms with Crippen molar-refractivity contribution in [3.05, 3.63) is 99.9 Å². The third-order valence-corrected chi connectivity index (χ3v) is 9.01. The zero-order valence-electron chi connectivity index (χ0n) is 22.2. The fourth-order valence-electron chi connectivity index (χ4n) is 6.16. The first-order chi connectivity index (χ1) is 19.8. The Hall–Kier alpha value is -4.14. The molecule has 2 amide bonds. The summed E-state index contributed by atoms with van der Waals surface area (Å²) in [6.45, 7) is 3.71. The van der Waals surface area contributed by atoms with Crippen molar-refractivity contribution >= 4 is 51.8 Å². The Balaban J connectivity index is 1.16. The van der Waals surface area contributed by atoms with Crippen LogP contribution in [-0.2, 0) is 5.41 Å². The summed E-state index contributed by atoms with van der Waals surface area (Å²) in [6, 6.07) is 13.4. The number of fused-ring (bicyclic) bond motifs is 3. The Kier molecular flexibility index (Phi) is 6.14. The van der Waals surface area contributed by atoms with Gasteiger partial charge < -0.3 is 19.2 Å². The van der Waals surface area contributed by atoms with Gasteiger partial charge in [0.1, 0.15) is 17.1 Å². The molecule has 0 aliphatic carbocycles. The van der Waals surface area contributed by atoms with E-state index in [1.807, 2.05) is 34.1 Å². The number of carbonyl (C=O) groups excluding carboxylic acids is 2. The number of benzene rings is 1. The van der Waals surface area contributed by atoms with Gasteiger partial charge in [-0.25, -0.2) is 4.98 Å². The second kappa shape index (κ2) is 9.75. The summed E-state index contributed by atoms with van der Waals surface area (Å²) in [5.74, 6) is -0.240. The molecule has 2 aliphatic heterocycles. The number of amides is 2. The molecule has 8 nitrogen and oxygen atoms in total. The van der Waals surface area contributed by atoms with Gasteiger partial charge in [0.2, 0.25) is 0 Å². The van der Waals surface area contributed by atoms with Gasteiger partial charge in [-0.05, 0) is 43.5 Å². The van der Waals surface area contributed by atoms with Gasteiger partial charge in [0, 0.05) is 66.5 Å². The molecule has 41 heavy (non-hydrogen) atoms. The van der Waals surface area contributed by atoms with Gasteiger partial charge in [0.25, 0.3) is 11.8 Å². The van der Waals surface area contributed by atoms with Gasteiger partial charge in [0.15, 0.2) is 5.58 Å². The van der Waals surface area contributed by atoms with E-state index in [1.54, 1.807) is 30.8 Å². The normalized spacial score (nSPS) is 16.0. The lowest BCUT2D eigenvalue weighted by molar-refractivity contribution is 0.0670. The molecule has 1 spiro atoms. The highest BCUT2D eigenvalue weighted by Gasteiger charge is 2.47. The largest absolute Gasteiger partial charge is 0.462 e. The van der Waals surface area contributed by atoms with Crippen LogP contribution in [-0.4, -0.2) is 51.3 Å². The fraction of sp³-hybridized carbons (Fsp3) is 0.226. The van der Waals surface area contributed by atoms with Gasteiger partial charge in [-0.2, -0.15) is 0 Å². The molecule has 206 valence electrons. The van der Waals surface area contributed by atoms with Crippen LogP contribution in [0.4, 0.5) is 5.69 Å². The minimum Gasteiger partial charge on any atom is -0.462 e. The SMILES string of the molecule is Cc1ccc2c(c1)C1(CCN(C(=O)c3cnc(Cl)c(Cl)c3)CC1)CN2C(=O)c1cc2occ(-c3cccnc3)c2[nH]1. The number of carbonyl (C=O) groups is 2. The van der Waals surface area contributed by atoms with E-state index >= 15 is 0 Å². The highest BCUT2D eigenvalue weighted by atomic mass is 35.5. The maximum Gasteiger partial charge on any atom is 0.274 e. The molecule has 1 N–H and O–H groups in total. The molecule has 1 saturated heterocycles. The van der Waals surface area contributed by atoms with E-state index in [0.717, 1.165) is 46.3 Å². The maximum atomic E-state index is 14.0. The number of aryl methyl sites for hydroxylation is 1. The lowest BCUT2D eigenvalue weighted by Crippen LogP contribution is -2.48. The van der Waals surface area contributed by atoms with E-state index in [4.69, 9.17) is 27.6 Å². The number of aromatic amines is 1. The number of hydrogen-bond donors (Lipinski definition) is 1. The Labute approximate surface area is 245 Å². The van der Waals surface area contributed by atoms with Crippen molar-refractivity contribution in [2.24, 2.45) is 0 Å². The monoisotopic (exact) mass is 585 g/mol. The van der Waals surface area contributed by atoms with Crippen LogP contribution >= 0.6 is 23.2 Å². The first kappa shape index (κ1) is 25.8. The van der Waals surface area contributed by atoms with Crippen LogP contribution in [0, 0.1) is 6.92 Å². The summed E-state index contributed by atoms with van der Waals surface area (Å²) in [7, 11) is 0. The Bertz CT molecular complexity index is 1820. The van der Waals surface area contributed by atoms with E-state index in [-0.39, 0.29) is 27.4 Å². The van der Waals surface area contributed by atoms with Gasteiger partial charge in [-0.1, -0.05) is 47.0 Å². The summed E-state index contributed by atoms with van der Waals surface area (Å²) in [5.41, 5.74) is 6.98. The smallest absolute Gasteiger partial charge is 0.274 e. The minimum absolute atomic E-state index is 0.115. The third kappa shape index (κ3) is 4.29. The molecule has 0 radical (unpaired) electrons. The van der Waals surface area contributed by atoms with E-state index in [1.165, 1.54) is 6.20 Å². The number of rotatable bonds is 3. The number of hydrogen-bond acceptors (Lipinski definition) is 5. The van der Waals surface area contributed by atoms with Crippen LogP contribution < -0.4 is 4.90 Å². The molecule has 4 aromatic heterocycles. The number of nitrogens with zero attached hydrogens (tertiary/aromatic N) is 4. The summed E-state index contributed by atoms with van der Waals surface area (Å²) in [4.78, 5) is 42.4. The van der Waals surface area contributed by atoms with Crippen molar-refractivity contribution in [1.29, 1.82) is 0 Å². The van der Waals surface area contributed by atoms with E-state index in [9.17, 15) is 9.59 Å². The molecular formula is C31H25Cl2N5O3. The predicted molar refractivity (Wildman–Crippen MR) is 158 cm³/mol. The second-order valence-electron chi connectivity index (χ2n) is 10.8. The highest BCUT2D eigenvalue weighted by Crippen LogP contribution is 2.48. The molecule has 0 atom stereocenters. The van der Waals surface area contributed by atoms with Crippen molar-refractivity contribution in [3.8, 4) is 11.1 Å². The first-order valence-corrected chi connectivity index (χ1v) is 14.1. The second-order valence-corrected chi connectivity index (χ2v) is 11.6. The Morgan fingerprint density at radius 3 is 2.63 bits per heavy atom. The molecule has 1 fully saturated rings. The zero-order chi connectivity index (χ0) is 28.3. The zero-order valence-corrected chi connectivity index (χ0v) is 23.7. The molecule has 5 aromatic rings. The van der Waals surface area contributed by atoms with Crippen LogP contribution in [0.1, 0.15) is 44.8 Å². The van der Waals surface area contributed by atoms with Gasteiger partial charge in [0.05, 0.1) is 16.1 Å². The molecule has 10 heteroatoms. The third-order valence-electron chi connectivity index (χ3n) is 8.33. The average Bonchev–Trinajstić information content (AvgIpc) is 3.67. The molecule has 6 heterocycles. The topological polar surface area (TPSA) is 95.3 Å². The molecular weight excluding hydrogens is 561 g/mol. The summed E-state index contributed by atoms with van der Waals surface area (Å²) < 4.78 is 5.79. The predicted octanol–water partition coefficient (Wildman–Crippen LogP) is 6.67. The number of furan rings is 1. The van der Waals surface area contributed by atoms with Crippen LogP contribution in [0.5, 0.6) is 0 Å². The minimum atomic E-state index is -0.254. The number of halogens is 2. The molecule has 1 aromatic carbocycles. The number of aromatic nitrogens is 3. The lowest BCUT2D eigenvalue weighted by atomic mass is 9.74. The van der Waals surface area contributed by atoms with E-state index in [0.29, 0.717) is 36.5 Å². The number of likely N-dealkylation sites (tertiary alicyclic amines) is 1. The van der Waals surface area contributed by atoms with Crippen LogP contribution in [0.3, 0.4) is 0 Å². The van der Waals surface area contributed by atoms with Crippen molar-refractivity contribution in [2.45, 2.75) is 25.2 Å². The van der Waals surface area contributed by atoms with Crippen LogP contribution in [0.15, 0.2) is 71.7 Å². The summed E-state index contributed by atoms with van der Waals surface area (Å²) in [5, 5.41) is 0.427. The number of anilines is 1. The molecule has 0 bridgehead atoms.